The molecule has 0 aliphatic heterocycles. The fraction of sp³-hybridized carbons (Fsp3) is 0.533. The summed E-state index contributed by atoms with van der Waals surface area (Å²) in [4.78, 5) is 11.5. The summed E-state index contributed by atoms with van der Waals surface area (Å²) in [6.07, 6.45) is 0.00181. The van der Waals surface area contributed by atoms with E-state index in [2.05, 4.69) is 13.8 Å². The monoisotopic (exact) mass is 266 g/mol. The lowest BCUT2D eigenvalue weighted by molar-refractivity contribution is 0.0206. The van der Waals surface area contributed by atoms with Gasteiger partial charge in [-0.25, -0.2) is 4.79 Å². The van der Waals surface area contributed by atoms with Gasteiger partial charge in [-0.05, 0) is 44.7 Å². The smallest absolute Gasteiger partial charge is 0.508 e. The van der Waals surface area contributed by atoms with Gasteiger partial charge < -0.3 is 14.6 Å². The van der Waals surface area contributed by atoms with E-state index in [4.69, 9.17) is 9.47 Å². The van der Waals surface area contributed by atoms with Crippen molar-refractivity contribution < 1.29 is 19.4 Å². The minimum absolute atomic E-state index is 0.134. The summed E-state index contributed by atoms with van der Waals surface area (Å²) >= 11 is 0. The molecule has 4 nitrogen and oxygen atoms in total. The number of ether oxygens (including phenoxy) is 2. The molecule has 0 radical (unpaired) electrons. The van der Waals surface area contributed by atoms with E-state index in [1.54, 1.807) is 32.9 Å². The quantitative estimate of drug-likeness (QED) is 0.665. The number of phenolic OH excluding ortho intramolecular Hbond substituents is 1. The SMILES string of the molecule is CC(C)Cc1ccc(OC(=O)OC(C)(C)C)cc1O. The van der Waals surface area contributed by atoms with Crippen LogP contribution in [-0.2, 0) is 11.2 Å². The molecule has 0 spiro atoms. The van der Waals surface area contributed by atoms with Crippen molar-refractivity contribution >= 4 is 6.16 Å². The van der Waals surface area contributed by atoms with Crippen molar-refractivity contribution in [1.82, 2.24) is 0 Å². The molecule has 0 aromatic heterocycles. The number of phenols is 1. The van der Waals surface area contributed by atoms with Crippen molar-refractivity contribution in [3.63, 3.8) is 0 Å². The van der Waals surface area contributed by atoms with Crippen molar-refractivity contribution in [2.24, 2.45) is 5.92 Å². The Morgan fingerprint density at radius 2 is 1.95 bits per heavy atom. The fourth-order valence-electron chi connectivity index (χ4n) is 1.59. The number of hydrogen-bond acceptors (Lipinski definition) is 4. The molecular weight excluding hydrogens is 244 g/mol. The Balaban J connectivity index is 2.71. The molecule has 0 saturated heterocycles. The van der Waals surface area contributed by atoms with E-state index < -0.39 is 11.8 Å². The average molecular weight is 266 g/mol. The summed E-state index contributed by atoms with van der Waals surface area (Å²) in [6.45, 7) is 9.43. The third kappa shape index (κ3) is 5.64. The highest BCUT2D eigenvalue weighted by Gasteiger charge is 2.18. The highest BCUT2D eigenvalue weighted by Crippen LogP contribution is 2.26. The molecule has 1 aromatic carbocycles. The Bertz CT molecular complexity index is 444. The number of carbonyl (C=O) groups excluding carboxylic acids is 1. The van der Waals surface area contributed by atoms with Crippen molar-refractivity contribution in [3.8, 4) is 11.5 Å². The molecule has 1 N–H and O–H groups in total. The van der Waals surface area contributed by atoms with Crippen LogP contribution in [0.5, 0.6) is 11.5 Å². The van der Waals surface area contributed by atoms with Crippen LogP contribution in [0.15, 0.2) is 18.2 Å². The molecule has 0 aliphatic carbocycles. The molecule has 0 aliphatic rings. The molecule has 4 heteroatoms. The normalized spacial score (nSPS) is 11.5. The average Bonchev–Trinajstić information content (AvgIpc) is 2.18. The van der Waals surface area contributed by atoms with Crippen LogP contribution < -0.4 is 4.74 Å². The van der Waals surface area contributed by atoms with Gasteiger partial charge in [0.15, 0.2) is 0 Å². The first-order valence-electron chi connectivity index (χ1n) is 6.40. The molecule has 106 valence electrons. The molecule has 0 heterocycles. The van der Waals surface area contributed by atoms with Crippen LogP contribution in [0.25, 0.3) is 0 Å². The topological polar surface area (TPSA) is 55.8 Å². The second kappa shape index (κ2) is 5.95. The standard InChI is InChI=1S/C15H22O4/c1-10(2)8-11-6-7-12(9-13(11)16)18-14(17)19-15(3,4)5/h6-7,9-10,16H,8H2,1-5H3. The number of carbonyl (C=O) groups is 1. The first kappa shape index (κ1) is 15.3. The zero-order valence-corrected chi connectivity index (χ0v) is 12.2. The van der Waals surface area contributed by atoms with Gasteiger partial charge in [0.25, 0.3) is 0 Å². The van der Waals surface area contributed by atoms with Crippen LogP contribution in [0.3, 0.4) is 0 Å². The molecule has 0 amide bonds. The third-order valence-corrected chi connectivity index (χ3v) is 2.28. The van der Waals surface area contributed by atoms with E-state index in [0.717, 1.165) is 12.0 Å². The molecule has 1 aromatic rings. The predicted octanol–water partition coefficient (Wildman–Crippen LogP) is 3.90. The van der Waals surface area contributed by atoms with E-state index in [-0.39, 0.29) is 11.5 Å². The molecule has 19 heavy (non-hydrogen) atoms. The van der Waals surface area contributed by atoms with E-state index in [0.29, 0.717) is 5.92 Å². The van der Waals surface area contributed by atoms with E-state index in [1.165, 1.54) is 6.07 Å². The fourth-order valence-corrected chi connectivity index (χ4v) is 1.59. The van der Waals surface area contributed by atoms with Crippen molar-refractivity contribution in [1.29, 1.82) is 0 Å². The lowest BCUT2D eigenvalue weighted by Crippen LogP contribution is -2.25. The maximum absolute atomic E-state index is 11.5. The predicted molar refractivity (Wildman–Crippen MR) is 73.5 cm³/mol. The Labute approximate surface area is 114 Å². The van der Waals surface area contributed by atoms with Gasteiger partial charge >= 0.3 is 6.16 Å². The van der Waals surface area contributed by atoms with Gasteiger partial charge in [0.1, 0.15) is 17.1 Å². The minimum Gasteiger partial charge on any atom is -0.508 e. The second-order valence-corrected chi connectivity index (χ2v) is 5.95. The zero-order chi connectivity index (χ0) is 14.6. The Morgan fingerprint density at radius 3 is 2.42 bits per heavy atom. The first-order valence-corrected chi connectivity index (χ1v) is 6.40. The Morgan fingerprint density at radius 1 is 1.32 bits per heavy atom. The second-order valence-electron chi connectivity index (χ2n) is 5.95. The van der Waals surface area contributed by atoms with Gasteiger partial charge in [-0.3, -0.25) is 0 Å². The van der Waals surface area contributed by atoms with Crippen LogP contribution in [0.2, 0.25) is 0 Å². The van der Waals surface area contributed by atoms with Gasteiger partial charge in [-0.15, -0.1) is 0 Å². The molecule has 0 bridgehead atoms. The Hall–Kier alpha value is -1.71. The van der Waals surface area contributed by atoms with Crippen LogP contribution in [0.1, 0.15) is 40.2 Å². The zero-order valence-electron chi connectivity index (χ0n) is 12.2. The number of aromatic hydroxyl groups is 1. The number of benzene rings is 1. The van der Waals surface area contributed by atoms with Crippen LogP contribution >= 0.6 is 0 Å². The largest absolute Gasteiger partial charge is 0.514 e. The van der Waals surface area contributed by atoms with E-state index in [1.807, 2.05) is 0 Å². The summed E-state index contributed by atoms with van der Waals surface area (Å²) in [5, 5.41) is 9.85. The summed E-state index contributed by atoms with van der Waals surface area (Å²) in [6, 6.07) is 4.85. The van der Waals surface area contributed by atoms with Gasteiger partial charge in [0, 0.05) is 6.07 Å². The van der Waals surface area contributed by atoms with Crippen molar-refractivity contribution in [2.75, 3.05) is 0 Å². The van der Waals surface area contributed by atoms with Crippen LogP contribution in [0, 0.1) is 5.92 Å². The van der Waals surface area contributed by atoms with Crippen LogP contribution in [-0.4, -0.2) is 16.9 Å². The molecular formula is C15H22O4. The first-order chi connectivity index (χ1) is 8.67. The molecule has 0 atom stereocenters. The van der Waals surface area contributed by atoms with Crippen LogP contribution in [0.4, 0.5) is 4.79 Å². The lowest BCUT2D eigenvalue weighted by Gasteiger charge is -2.18. The molecule has 0 fully saturated rings. The molecule has 1 rings (SSSR count). The van der Waals surface area contributed by atoms with E-state index in [9.17, 15) is 9.90 Å². The van der Waals surface area contributed by atoms with Gasteiger partial charge in [-0.2, -0.15) is 0 Å². The molecule has 0 saturated carbocycles. The van der Waals surface area contributed by atoms with Crippen molar-refractivity contribution in [2.45, 2.75) is 46.6 Å². The lowest BCUT2D eigenvalue weighted by atomic mass is 10.0. The summed E-state index contributed by atoms with van der Waals surface area (Å²) in [5.41, 5.74) is 0.239. The summed E-state index contributed by atoms with van der Waals surface area (Å²) in [7, 11) is 0. The third-order valence-electron chi connectivity index (χ3n) is 2.28. The Kier molecular flexibility index (Phi) is 4.81. The highest BCUT2D eigenvalue weighted by atomic mass is 16.7. The number of hydrogen-bond donors (Lipinski definition) is 1. The van der Waals surface area contributed by atoms with Gasteiger partial charge in [-0.1, -0.05) is 19.9 Å². The highest BCUT2D eigenvalue weighted by molar-refractivity contribution is 5.64. The molecule has 0 unspecified atom stereocenters. The van der Waals surface area contributed by atoms with E-state index >= 15 is 0 Å². The van der Waals surface area contributed by atoms with Crippen molar-refractivity contribution in [3.05, 3.63) is 23.8 Å². The summed E-state index contributed by atoms with van der Waals surface area (Å²) < 4.78 is 10.0. The van der Waals surface area contributed by atoms with Gasteiger partial charge in [0.05, 0.1) is 0 Å². The summed E-state index contributed by atoms with van der Waals surface area (Å²) in [5.74, 6) is 0.859. The number of rotatable bonds is 3. The maximum Gasteiger partial charge on any atom is 0.514 e. The minimum atomic E-state index is -0.775. The maximum atomic E-state index is 11.5. The van der Waals surface area contributed by atoms with Gasteiger partial charge in [0.2, 0.25) is 0 Å².